The summed E-state index contributed by atoms with van der Waals surface area (Å²) in [6.07, 6.45) is 3.30. The van der Waals surface area contributed by atoms with E-state index >= 15 is 0 Å². The summed E-state index contributed by atoms with van der Waals surface area (Å²) in [6, 6.07) is 6.25. The fourth-order valence-corrected chi connectivity index (χ4v) is 3.97. The molecule has 1 saturated carbocycles. The molecule has 5 heteroatoms. The predicted octanol–water partition coefficient (Wildman–Crippen LogP) is 1.60. The zero-order valence-electron chi connectivity index (χ0n) is 14.7. The molecule has 2 atom stereocenters. The van der Waals surface area contributed by atoms with Crippen LogP contribution in [0.5, 0.6) is 5.75 Å². The number of aryl methyl sites for hydroxylation is 1. The van der Waals surface area contributed by atoms with Crippen molar-refractivity contribution in [3.63, 3.8) is 0 Å². The minimum atomic E-state index is -0.191. The van der Waals surface area contributed by atoms with Gasteiger partial charge in [-0.25, -0.2) is 0 Å². The van der Waals surface area contributed by atoms with Crippen molar-refractivity contribution in [1.82, 2.24) is 9.80 Å². The summed E-state index contributed by atoms with van der Waals surface area (Å²) < 4.78 is 5.38. The highest BCUT2D eigenvalue weighted by molar-refractivity contribution is 5.79. The van der Waals surface area contributed by atoms with Crippen molar-refractivity contribution in [1.29, 1.82) is 0 Å². The van der Waals surface area contributed by atoms with Crippen LogP contribution in [0.4, 0.5) is 0 Å². The molecule has 1 amide bonds. The van der Waals surface area contributed by atoms with Gasteiger partial charge in [0.1, 0.15) is 5.75 Å². The molecule has 1 aliphatic heterocycles. The number of methoxy groups -OCH3 is 1. The first kappa shape index (κ1) is 17.2. The third kappa shape index (κ3) is 3.73. The summed E-state index contributed by atoms with van der Waals surface area (Å²) in [6.45, 7) is 5.24. The summed E-state index contributed by atoms with van der Waals surface area (Å²) in [5.74, 6) is 0.937. The van der Waals surface area contributed by atoms with Crippen LogP contribution in [0.25, 0.3) is 0 Å². The molecule has 3 rings (SSSR count). The van der Waals surface area contributed by atoms with Gasteiger partial charge >= 0.3 is 0 Å². The fourth-order valence-electron chi connectivity index (χ4n) is 3.97. The van der Waals surface area contributed by atoms with Crippen molar-refractivity contribution in [2.75, 3.05) is 33.3 Å². The van der Waals surface area contributed by atoms with Gasteiger partial charge in [-0.15, -0.1) is 0 Å². The molecule has 0 spiro atoms. The molecule has 132 valence electrons. The molecular formula is C19H28N2O3. The monoisotopic (exact) mass is 332 g/mol. The van der Waals surface area contributed by atoms with Crippen molar-refractivity contribution in [2.24, 2.45) is 0 Å². The molecule has 0 bridgehead atoms. The van der Waals surface area contributed by atoms with E-state index in [9.17, 15) is 9.90 Å². The molecule has 0 aromatic heterocycles. The van der Waals surface area contributed by atoms with Crippen LogP contribution in [0.1, 0.15) is 30.4 Å². The van der Waals surface area contributed by atoms with Crippen LogP contribution in [0.2, 0.25) is 0 Å². The second-order valence-electron chi connectivity index (χ2n) is 6.97. The smallest absolute Gasteiger partial charge is 0.227 e. The normalized spacial score (nSPS) is 25.0. The van der Waals surface area contributed by atoms with Gasteiger partial charge in [-0.3, -0.25) is 9.69 Å². The number of nitrogens with zero attached hydrogens (tertiary/aromatic N) is 2. The Bertz CT molecular complexity index is 582. The van der Waals surface area contributed by atoms with E-state index in [4.69, 9.17) is 4.74 Å². The molecule has 1 aromatic rings. The van der Waals surface area contributed by atoms with Crippen LogP contribution in [-0.2, 0) is 11.2 Å². The van der Waals surface area contributed by atoms with Gasteiger partial charge in [-0.1, -0.05) is 17.7 Å². The first-order valence-electron chi connectivity index (χ1n) is 8.92. The van der Waals surface area contributed by atoms with E-state index in [1.54, 1.807) is 7.11 Å². The summed E-state index contributed by atoms with van der Waals surface area (Å²) in [4.78, 5) is 16.9. The van der Waals surface area contributed by atoms with Gasteiger partial charge in [0, 0.05) is 37.8 Å². The van der Waals surface area contributed by atoms with E-state index in [0.717, 1.165) is 62.3 Å². The van der Waals surface area contributed by atoms with E-state index in [0.29, 0.717) is 12.5 Å². The van der Waals surface area contributed by atoms with Crippen LogP contribution in [0.3, 0.4) is 0 Å². The van der Waals surface area contributed by atoms with Gasteiger partial charge in [0.15, 0.2) is 0 Å². The highest BCUT2D eigenvalue weighted by Gasteiger charge is 2.33. The SMILES string of the molecule is COc1ccc(C)cc1CC(=O)N1CCN([C@H]2CCC[C@H]2O)CC1. The molecule has 1 aromatic carbocycles. The highest BCUT2D eigenvalue weighted by Crippen LogP contribution is 2.25. The number of benzene rings is 1. The maximum absolute atomic E-state index is 12.6. The van der Waals surface area contributed by atoms with Gasteiger partial charge in [0.2, 0.25) is 5.91 Å². The Morgan fingerprint density at radius 2 is 2.00 bits per heavy atom. The number of ether oxygens (including phenoxy) is 1. The summed E-state index contributed by atoms with van der Waals surface area (Å²) in [5.41, 5.74) is 2.09. The Kier molecular flexibility index (Phi) is 5.41. The standard InChI is InChI=1S/C19H28N2O3/c1-14-6-7-18(24-2)15(12-14)13-19(23)21-10-8-20(9-11-21)16-4-3-5-17(16)22/h6-7,12,16-17,22H,3-5,8-11,13H2,1-2H3/t16-,17+/m0/s1. The van der Waals surface area contributed by atoms with E-state index in [-0.39, 0.29) is 12.0 Å². The van der Waals surface area contributed by atoms with Crippen LogP contribution in [-0.4, -0.2) is 66.2 Å². The Morgan fingerprint density at radius 3 is 2.62 bits per heavy atom. The van der Waals surface area contributed by atoms with E-state index in [1.165, 1.54) is 0 Å². The third-order valence-electron chi connectivity index (χ3n) is 5.36. The molecule has 2 aliphatic rings. The molecule has 1 heterocycles. The Morgan fingerprint density at radius 1 is 1.25 bits per heavy atom. The van der Waals surface area contributed by atoms with Gasteiger partial charge in [0.25, 0.3) is 0 Å². The van der Waals surface area contributed by atoms with Crippen LogP contribution < -0.4 is 4.74 Å². The Hall–Kier alpha value is -1.59. The van der Waals surface area contributed by atoms with Crippen LogP contribution in [0.15, 0.2) is 18.2 Å². The zero-order valence-corrected chi connectivity index (χ0v) is 14.7. The first-order valence-corrected chi connectivity index (χ1v) is 8.92. The minimum Gasteiger partial charge on any atom is -0.496 e. The van der Waals surface area contributed by atoms with Crippen LogP contribution >= 0.6 is 0 Å². The van der Waals surface area contributed by atoms with Crippen molar-refractivity contribution in [3.05, 3.63) is 29.3 Å². The largest absolute Gasteiger partial charge is 0.496 e. The second-order valence-corrected chi connectivity index (χ2v) is 6.97. The topological polar surface area (TPSA) is 53.0 Å². The number of hydrogen-bond acceptors (Lipinski definition) is 4. The fraction of sp³-hybridized carbons (Fsp3) is 0.632. The van der Waals surface area contributed by atoms with E-state index in [1.807, 2.05) is 30.0 Å². The molecule has 5 nitrogen and oxygen atoms in total. The minimum absolute atomic E-state index is 0.158. The number of aliphatic hydroxyl groups is 1. The molecular weight excluding hydrogens is 304 g/mol. The first-order chi connectivity index (χ1) is 11.6. The number of amides is 1. The maximum atomic E-state index is 12.6. The summed E-state index contributed by atoms with van der Waals surface area (Å²) in [7, 11) is 1.64. The number of carbonyl (C=O) groups excluding carboxylic acids is 1. The number of aliphatic hydroxyl groups excluding tert-OH is 1. The van der Waals surface area contributed by atoms with Gasteiger partial charge in [-0.05, 0) is 32.3 Å². The number of hydrogen-bond donors (Lipinski definition) is 1. The van der Waals surface area contributed by atoms with Crippen molar-refractivity contribution >= 4 is 5.91 Å². The molecule has 1 saturated heterocycles. The zero-order chi connectivity index (χ0) is 17.1. The van der Waals surface area contributed by atoms with Gasteiger partial charge in [0.05, 0.1) is 19.6 Å². The molecule has 0 radical (unpaired) electrons. The van der Waals surface area contributed by atoms with Crippen molar-refractivity contribution in [3.8, 4) is 5.75 Å². The third-order valence-corrected chi connectivity index (χ3v) is 5.36. The van der Waals surface area contributed by atoms with Gasteiger partial charge < -0.3 is 14.7 Å². The summed E-state index contributed by atoms with van der Waals surface area (Å²) in [5, 5.41) is 10.1. The lowest BCUT2D eigenvalue weighted by molar-refractivity contribution is -0.132. The van der Waals surface area contributed by atoms with E-state index < -0.39 is 0 Å². The van der Waals surface area contributed by atoms with Crippen LogP contribution in [0, 0.1) is 6.92 Å². The highest BCUT2D eigenvalue weighted by atomic mass is 16.5. The van der Waals surface area contributed by atoms with E-state index in [2.05, 4.69) is 4.90 Å². The molecule has 24 heavy (non-hydrogen) atoms. The van der Waals surface area contributed by atoms with Gasteiger partial charge in [-0.2, -0.15) is 0 Å². The second kappa shape index (κ2) is 7.53. The molecule has 2 fully saturated rings. The molecule has 0 unspecified atom stereocenters. The average molecular weight is 332 g/mol. The quantitative estimate of drug-likeness (QED) is 0.910. The lowest BCUT2D eigenvalue weighted by Gasteiger charge is -2.39. The molecule has 1 N–H and O–H groups in total. The maximum Gasteiger partial charge on any atom is 0.227 e. The average Bonchev–Trinajstić information content (AvgIpc) is 3.01. The lowest BCUT2D eigenvalue weighted by Crippen LogP contribution is -2.53. The number of carbonyl (C=O) groups is 1. The Balaban J connectivity index is 1.56. The lowest BCUT2D eigenvalue weighted by atomic mass is 10.1. The Labute approximate surface area is 144 Å². The van der Waals surface area contributed by atoms with Crippen molar-refractivity contribution < 1.29 is 14.6 Å². The number of piperazine rings is 1. The van der Waals surface area contributed by atoms with Crippen molar-refractivity contribution in [2.45, 2.75) is 44.8 Å². The predicted molar refractivity (Wildman–Crippen MR) is 93.2 cm³/mol. The number of rotatable bonds is 4. The molecule has 1 aliphatic carbocycles. The summed E-state index contributed by atoms with van der Waals surface area (Å²) >= 11 is 0.